The third-order valence-electron chi connectivity index (χ3n) is 3.23. The molecular formula is C16H25F2NO. The van der Waals surface area contributed by atoms with E-state index in [1.807, 2.05) is 6.92 Å². The third-order valence-corrected chi connectivity index (χ3v) is 3.23. The van der Waals surface area contributed by atoms with E-state index < -0.39 is 11.6 Å². The van der Waals surface area contributed by atoms with Crippen LogP contribution in [-0.2, 0) is 0 Å². The van der Waals surface area contributed by atoms with E-state index in [1.54, 1.807) is 0 Å². The highest BCUT2D eigenvalue weighted by atomic mass is 19.1. The Labute approximate surface area is 120 Å². The maximum absolute atomic E-state index is 13.2. The number of halogens is 2. The van der Waals surface area contributed by atoms with Crippen LogP contribution in [0.1, 0.15) is 46.5 Å². The number of ether oxygens (including phenoxy) is 1. The Kier molecular flexibility index (Phi) is 7.52. The Morgan fingerprint density at radius 1 is 1.05 bits per heavy atom. The molecule has 0 bridgehead atoms. The highest BCUT2D eigenvalue weighted by molar-refractivity contribution is 5.24. The molecule has 0 aliphatic heterocycles. The Balaban J connectivity index is 2.76. The summed E-state index contributed by atoms with van der Waals surface area (Å²) in [6.07, 6.45) is 3.78. The topological polar surface area (TPSA) is 21.3 Å². The molecule has 0 saturated heterocycles. The Hall–Kier alpha value is -1.16. The van der Waals surface area contributed by atoms with E-state index >= 15 is 0 Å². The van der Waals surface area contributed by atoms with Gasteiger partial charge in [0.15, 0.2) is 0 Å². The highest BCUT2D eigenvalue weighted by Gasteiger charge is 2.20. The van der Waals surface area contributed by atoms with Crippen LogP contribution in [0.2, 0.25) is 0 Å². The van der Waals surface area contributed by atoms with Crippen LogP contribution in [0.4, 0.5) is 8.78 Å². The van der Waals surface area contributed by atoms with Crippen molar-refractivity contribution in [3.63, 3.8) is 0 Å². The third kappa shape index (κ3) is 5.45. The molecule has 0 heterocycles. The SMILES string of the molecule is CCCNC(CCC)C(CC)Oc1cc(F)cc(F)c1. The van der Waals surface area contributed by atoms with E-state index in [4.69, 9.17) is 4.74 Å². The summed E-state index contributed by atoms with van der Waals surface area (Å²) in [5, 5.41) is 3.46. The second-order valence-electron chi connectivity index (χ2n) is 5.02. The first-order valence-corrected chi connectivity index (χ1v) is 7.46. The second kappa shape index (κ2) is 8.90. The smallest absolute Gasteiger partial charge is 0.129 e. The molecule has 0 amide bonds. The van der Waals surface area contributed by atoms with Crippen LogP contribution in [-0.4, -0.2) is 18.7 Å². The van der Waals surface area contributed by atoms with Gasteiger partial charge in [-0.25, -0.2) is 8.78 Å². The number of nitrogens with one attached hydrogen (secondary N) is 1. The van der Waals surface area contributed by atoms with E-state index in [0.29, 0.717) is 0 Å². The molecule has 2 atom stereocenters. The van der Waals surface area contributed by atoms with Gasteiger partial charge in [-0.2, -0.15) is 0 Å². The zero-order valence-electron chi connectivity index (χ0n) is 12.6. The van der Waals surface area contributed by atoms with Crippen molar-refractivity contribution in [3.05, 3.63) is 29.8 Å². The van der Waals surface area contributed by atoms with Gasteiger partial charge in [-0.15, -0.1) is 0 Å². The van der Waals surface area contributed by atoms with Crippen LogP contribution in [0.25, 0.3) is 0 Å². The minimum Gasteiger partial charge on any atom is -0.489 e. The average molecular weight is 285 g/mol. The van der Waals surface area contributed by atoms with Crippen molar-refractivity contribution >= 4 is 0 Å². The molecule has 1 N–H and O–H groups in total. The van der Waals surface area contributed by atoms with Gasteiger partial charge in [-0.3, -0.25) is 0 Å². The fourth-order valence-electron chi connectivity index (χ4n) is 2.28. The van der Waals surface area contributed by atoms with Crippen molar-refractivity contribution in [2.24, 2.45) is 0 Å². The van der Waals surface area contributed by atoms with E-state index in [-0.39, 0.29) is 17.9 Å². The van der Waals surface area contributed by atoms with E-state index in [0.717, 1.165) is 38.3 Å². The minimum absolute atomic E-state index is 0.0808. The van der Waals surface area contributed by atoms with E-state index in [1.165, 1.54) is 12.1 Å². The minimum atomic E-state index is -0.608. The van der Waals surface area contributed by atoms with Gasteiger partial charge in [0.05, 0.1) is 0 Å². The van der Waals surface area contributed by atoms with E-state index in [9.17, 15) is 8.78 Å². The summed E-state index contributed by atoms with van der Waals surface area (Å²) in [6, 6.07) is 3.52. The zero-order chi connectivity index (χ0) is 15.0. The van der Waals surface area contributed by atoms with Gasteiger partial charge >= 0.3 is 0 Å². The van der Waals surface area contributed by atoms with E-state index in [2.05, 4.69) is 19.2 Å². The number of benzene rings is 1. The summed E-state index contributed by atoms with van der Waals surface area (Å²) in [4.78, 5) is 0. The molecule has 1 aromatic rings. The molecule has 20 heavy (non-hydrogen) atoms. The van der Waals surface area contributed by atoms with Crippen molar-refractivity contribution in [2.75, 3.05) is 6.54 Å². The largest absolute Gasteiger partial charge is 0.489 e. The molecule has 4 heteroatoms. The predicted octanol–water partition coefficient (Wildman–Crippen LogP) is 4.29. The first kappa shape index (κ1) is 16.9. The molecule has 0 aliphatic rings. The molecule has 0 spiro atoms. The number of rotatable bonds is 9. The fraction of sp³-hybridized carbons (Fsp3) is 0.625. The first-order chi connectivity index (χ1) is 9.60. The molecule has 2 unspecified atom stereocenters. The molecule has 0 aliphatic carbocycles. The summed E-state index contributed by atoms with van der Waals surface area (Å²) in [5.41, 5.74) is 0. The van der Waals surface area contributed by atoms with Gasteiger partial charge < -0.3 is 10.1 Å². The van der Waals surface area contributed by atoms with Gasteiger partial charge in [0.25, 0.3) is 0 Å². The average Bonchev–Trinajstić information content (AvgIpc) is 2.40. The molecular weight excluding hydrogens is 260 g/mol. The quantitative estimate of drug-likeness (QED) is 0.730. The normalized spacial score (nSPS) is 14.1. The zero-order valence-corrected chi connectivity index (χ0v) is 12.6. The molecule has 0 aromatic heterocycles. The molecule has 2 nitrogen and oxygen atoms in total. The summed E-state index contributed by atoms with van der Waals surface area (Å²) in [7, 11) is 0. The Bertz CT molecular complexity index is 378. The lowest BCUT2D eigenvalue weighted by Gasteiger charge is -2.28. The van der Waals surface area contributed by atoms with Crippen LogP contribution in [0.15, 0.2) is 18.2 Å². The van der Waals surface area contributed by atoms with Crippen LogP contribution < -0.4 is 10.1 Å². The number of hydrogen-bond acceptors (Lipinski definition) is 2. The summed E-state index contributed by atoms with van der Waals surface area (Å²) in [5.74, 6) is -0.958. The van der Waals surface area contributed by atoms with Crippen molar-refractivity contribution in [1.82, 2.24) is 5.32 Å². The van der Waals surface area contributed by atoms with Gasteiger partial charge in [-0.1, -0.05) is 27.2 Å². The molecule has 1 aromatic carbocycles. The Morgan fingerprint density at radius 3 is 2.20 bits per heavy atom. The van der Waals surface area contributed by atoms with Crippen LogP contribution in [0.3, 0.4) is 0 Å². The molecule has 114 valence electrons. The van der Waals surface area contributed by atoms with Crippen molar-refractivity contribution in [2.45, 2.75) is 58.6 Å². The molecule has 0 saturated carbocycles. The molecule has 1 rings (SSSR count). The summed E-state index contributed by atoms with van der Waals surface area (Å²) >= 11 is 0. The summed E-state index contributed by atoms with van der Waals surface area (Å²) < 4.78 is 32.2. The van der Waals surface area contributed by atoms with Crippen molar-refractivity contribution in [3.8, 4) is 5.75 Å². The lowest BCUT2D eigenvalue weighted by molar-refractivity contribution is 0.141. The number of hydrogen-bond donors (Lipinski definition) is 1. The van der Waals surface area contributed by atoms with Gasteiger partial charge in [0, 0.05) is 24.2 Å². The standard InChI is InChI=1S/C16H25F2NO/c1-4-7-15(19-8-5-2)16(6-3)20-14-10-12(17)9-13(18)11-14/h9-11,15-16,19H,4-8H2,1-3H3. The maximum atomic E-state index is 13.2. The first-order valence-electron chi connectivity index (χ1n) is 7.46. The van der Waals surface area contributed by atoms with Crippen molar-refractivity contribution in [1.29, 1.82) is 0 Å². The predicted molar refractivity (Wildman–Crippen MR) is 78.1 cm³/mol. The lowest BCUT2D eigenvalue weighted by Crippen LogP contribution is -2.43. The summed E-state index contributed by atoms with van der Waals surface area (Å²) in [6.45, 7) is 7.17. The van der Waals surface area contributed by atoms with Gasteiger partial charge in [0.2, 0.25) is 0 Å². The fourth-order valence-corrected chi connectivity index (χ4v) is 2.28. The monoisotopic (exact) mass is 285 g/mol. The van der Waals surface area contributed by atoms with Crippen LogP contribution in [0, 0.1) is 11.6 Å². The lowest BCUT2D eigenvalue weighted by atomic mass is 10.0. The molecule has 0 fully saturated rings. The van der Waals surface area contributed by atoms with Crippen LogP contribution in [0.5, 0.6) is 5.75 Å². The van der Waals surface area contributed by atoms with Crippen LogP contribution >= 0.6 is 0 Å². The molecule has 0 radical (unpaired) electrons. The van der Waals surface area contributed by atoms with Gasteiger partial charge in [0.1, 0.15) is 23.5 Å². The Morgan fingerprint density at radius 2 is 1.70 bits per heavy atom. The highest BCUT2D eigenvalue weighted by Crippen LogP contribution is 2.20. The maximum Gasteiger partial charge on any atom is 0.129 e. The van der Waals surface area contributed by atoms with Crippen molar-refractivity contribution < 1.29 is 13.5 Å². The second-order valence-corrected chi connectivity index (χ2v) is 5.02. The van der Waals surface area contributed by atoms with Gasteiger partial charge in [-0.05, 0) is 25.8 Å².